The molecular formula is C41H31NO. The molecule has 0 saturated heterocycles. The van der Waals surface area contributed by atoms with E-state index in [0.29, 0.717) is 28.0 Å². The van der Waals surface area contributed by atoms with Gasteiger partial charge in [0.05, 0.1) is 5.69 Å². The minimum atomic E-state index is -2.72. The summed E-state index contributed by atoms with van der Waals surface area (Å²) in [5, 5.41) is 6.05. The van der Waals surface area contributed by atoms with Crippen molar-refractivity contribution < 1.29 is 16.8 Å². The predicted molar refractivity (Wildman–Crippen MR) is 182 cm³/mol. The molecule has 0 spiro atoms. The monoisotopic (exact) mass is 562 g/mol. The maximum atomic E-state index is 8.53. The Morgan fingerprint density at radius 1 is 0.558 bits per heavy atom. The summed E-state index contributed by atoms with van der Waals surface area (Å²) in [6.07, 6.45) is 1.23. The molecule has 0 aliphatic heterocycles. The number of hydrogen-bond acceptors (Lipinski definition) is 2. The van der Waals surface area contributed by atoms with Crippen LogP contribution >= 0.6 is 0 Å². The number of para-hydroxylation sites is 1. The van der Waals surface area contributed by atoms with Crippen LogP contribution in [0, 0.1) is 27.5 Å². The van der Waals surface area contributed by atoms with E-state index in [1.54, 1.807) is 12.1 Å². The number of nitrogens with zero attached hydrogens (tertiary/aromatic N) is 1. The van der Waals surface area contributed by atoms with Gasteiger partial charge in [-0.2, -0.15) is 0 Å². The molecule has 43 heavy (non-hydrogen) atoms. The summed E-state index contributed by atoms with van der Waals surface area (Å²) in [5.74, 6) is 0. The zero-order valence-electron chi connectivity index (χ0n) is 32.3. The minimum Gasteiger partial charge on any atom is -0.455 e. The summed E-state index contributed by atoms with van der Waals surface area (Å²) in [7, 11) is 0. The highest BCUT2D eigenvalue weighted by Crippen LogP contribution is 2.40. The Morgan fingerprint density at radius 2 is 1.30 bits per heavy atom. The number of rotatable bonds is 3. The average Bonchev–Trinajstić information content (AvgIpc) is 3.47. The Labute approximate surface area is 263 Å². The highest BCUT2D eigenvalue weighted by Gasteiger charge is 2.17. The Bertz CT molecular complexity index is 2700. The molecule has 8 rings (SSSR count). The van der Waals surface area contributed by atoms with Crippen LogP contribution in [0.25, 0.3) is 77.0 Å². The summed E-state index contributed by atoms with van der Waals surface area (Å²) in [5.41, 5.74) is 3.46. The molecule has 0 bridgehead atoms. The molecule has 0 saturated carbocycles. The number of furan rings is 1. The molecule has 0 N–H and O–H groups in total. The number of aryl methyl sites for hydroxylation is 4. The lowest BCUT2D eigenvalue weighted by atomic mass is 9.90. The Kier molecular flexibility index (Phi) is 3.98. The average molecular weight is 563 g/mol. The van der Waals surface area contributed by atoms with Crippen molar-refractivity contribution in [2.45, 2.75) is 27.5 Å². The topological polar surface area (TPSA) is 26.0 Å². The lowest BCUT2D eigenvalue weighted by Gasteiger charge is -2.16. The van der Waals surface area contributed by atoms with Crippen LogP contribution in [0.1, 0.15) is 34.6 Å². The van der Waals surface area contributed by atoms with Gasteiger partial charge in [-0.3, -0.25) is 4.98 Å². The first-order valence-electron chi connectivity index (χ1n) is 18.6. The van der Waals surface area contributed by atoms with Gasteiger partial charge in [0, 0.05) is 34.9 Å². The fraction of sp³-hybridized carbons (Fsp3) is 0.0976. The van der Waals surface area contributed by atoms with Crippen LogP contribution in [-0.2, 0) is 0 Å². The van der Waals surface area contributed by atoms with Gasteiger partial charge in [-0.15, -0.1) is 0 Å². The van der Waals surface area contributed by atoms with Crippen LogP contribution in [0.3, 0.4) is 0 Å². The third-order valence-corrected chi connectivity index (χ3v) is 8.35. The standard InChI is InChI=1S/C41H31NO/c1-24-12-14-29(15-13-24)34-18-26(3)35(19-25(34)2)36-21-39(42-23-27(36)4)33-11-7-10-32-38-20-30-17-16-28-8-5-6-9-31(28)37(30)22-40(38)43-41(32)33/h5-23H,1-4H3/i2D3,3D3,4D3. The first kappa shape index (κ1) is 17.7. The van der Waals surface area contributed by atoms with E-state index in [4.69, 9.17) is 16.8 Å². The lowest BCUT2D eigenvalue weighted by Crippen LogP contribution is -1.94. The van der Waals surface area contributed by atoms with Gasteiger partial charge >= 0.3 is 0 Å². The van der Waals surface area contributed by atoms with E-state index in [1.165, 1.54) is 24.4 Å². The number of benzene rings is 6. The van der Waals surface area contributed by atoms with Crippen LogP contribution in [0.4, 0.5) is 0 Å². The van der Waals surface area contributed by atoms with Crippen molar-refractivity contribution in [1.82, 2.24) is 4.98 Å². The van der Waals surface area contributed by atoms with Crippen molar-refractivity contribution in [3.8, 4) is 33.5 Å². The van der Waals surface area contributed by atoms with Crippen LogP contribution in [0.15, 0.2) is 120 Å². The van der Waals surface area contributed by atoms with Gasteiger partial charge in [0.2, 0.25) is 0 Å². The second-order valence-corrected chi connectivity index (χ2v) is 11.1. The lowest BCUT2D eigenvalue weighted by molar-refractivity contribution is 0.670. The molecule has 2 nitrogen and oxygen atoms in total. The second-order valence-electron chi connectivity index (χ2n) is 11.1. The largest absolute Gasteiger partial charge is 0.455 e. The van der Waals surface area contributed by atoms with E-state index < -0.39 is 20.6 Å². The number of hydrogen-bond donors (Lipinski definition) is 0. The third kappa shape index (κ3) is 4.13. The van der Waals surface area contributed by atoms with Crippen LogP contribution in [-0.4, -0.2) is 4.98 Å². The zero-order valence-corrected chi connectivity index (χ0v) is 23.3. The highest BCUT2D eigenvalue weighted by atomic mass is 16.3. The Balaban J connectivity index is 1.39. The van der Waals surface area contributed by atoms with E-state index in [-0.39, 0.29) is 33.4 Å². The molecular weight excluding hydrogens is 522 g/mol. The van der Waals surface area contributed by atoms with Crippen molar-refractivity contribution in [3.05, 3.63) is 138 Å². The summed E-state index contributed by atoms with van der Waals surface area (Å²) in [6, 6.07) is 33.5. The normalized spacial score (nSPS) is 15.7. The van der Waals surface area contributed by atoms with Crippen molar-refractivity contribution in [2.75, 3.05) is 0 Å². The van der Waals surface area contributed by atoms with Crippen molar-refractivity contribution in [1.29, 1.82) is 0 Å². The molecule has 0 aliphatic rings. The van der Waals surface area contributed by atoms with Crippen LogP contribution in [0.5, 0.6) is 0 Å². The van der Waals surface area contributed by atoms with E-state index in [0.717, 1.165) is 37.9 Å². The van der Waals surface area contributed by atoms with Gasteiger partial charge in [-0.1, -0.05) is 90.5 Å². The molecule has 0 amide bonds. The third-order valence-electron chi connectivity index (χ3n) is 8.35. The number of pyridine rings is 1. The van der Waals surface area contributed by atoms with E-state index >= 15 is 0 Å². The number of aromatic nitrogens is 1. The van der Waals surface area contributed by atoms with Crippen LogP contribution < -0.4 is 0 Å². The smallest absolute Gasteiger partial charge is 0.144 e. The maximum Gasteiger partial charge on any atom is 0.144 e. The molecule has 0 aliphatic carbocycles. The fourth-order valence-corrected chi connectivity index (χ4v) is 6.12. The first-order valence-corrected chi connectivity index (χ1v) is 14.1. The quantitative estimate of drug-likeness (QED) is 0.200. The van der Waals surface area contributed by atoms with Gasteiger partial charge in [0.15, 0.2) is 0 Å². The van der Waals surface area contributed by atoms with E-state index in [1.807, 2.05) is 55.5 Å². The highest BCUT2D eigenvalue weighted by molar-refractivity contribution is 6.17. The first-order chi connectivity index (χ1) is 24.6. The summed E-state index contributed by atoms with van der Waals surface area (Å²) < 4.78 is 82.6. The van der Waals surface area contributed by atoms with Gasteiger partial charge in [-0.25, -0.2) is 0 Å². The molecule has 0 atom stereocenters. The molecule has 0 fully saturated rings. The predicted octanol–water partition coefficient (Wildman–Crippen LogP) is 11.5. The molecule has 2 aromatic heterocycles. The SMILES string of the molecule is [2H]C([2H])([2H])c1cc(-c2cc(-c3cccc4c3oc3cc5c(ccc6ccccc65)cc34)ncc2C([2H])([2H])[2H])c(C([2H])([2H])[2H])cc1-c1ccc(C)cc1. The van der Waals surface area contributed by atoms with Gasteiger partial charge in [-0.05, 0) is 112 Å². The maximum absolute atomic E-state index is 8.53. The zero-order chi connectivity index (χ0) is 36.7. The van der Waals surface area contributed by atoms with Gasteiger partial charge in [0.1, 0.15) is 11.2 Å². The molecule has 6 aromatic carbocycles. The molecule has 8 aromatic rings. The summed E-state index contributed by atoms with van der Waals surface area (Å²) >= 11 is 0. The summed E-state index contributed by atoms with van der Waals surface area (Å²) in [6.45, 7) is -6.16. The molecule has 0 radical (unpaired) electrons. The fourth-order valence-electron chi connectivity index (χ4n) is 6.12. The van der Waals surface area contributed by atoms with Crippen molar-refractivity contribution in [3.63, 3.8) is 0 Å². The molecule has 0 unspecified atom stereocenters. The van der Waals surface area contributed by atoms with Crippen LogP contribution in [0.2, 0.25) is 0 Å². The van der Waals surface area contributed by atoms with Crippen molar-refractivity contribution >= 4 is 43.5 Å². The van der Waals surface area contributed by atoms with Gasteiger partial charge in [0.25, 0.3) is 0 Å². The molecule has 2 heteroatoms. The van der Waals surface area contributed by atoms with Gasteiger partial charge < -0.3 is 4.42 Å². The molecule has 2 heterocycles. The Hall–Kier alpha value is -5.21. The van der Waals surface area contributed by atoms with Crippen molar-refractivity contribution in [2.24, 2.45) is 0 Å². The second kappa shape index (κ2) is 9.68. The van der Waals surface area contributed by atoms with E-state index in [2.05, 4.69) is 35.3 Å². The Morgan fingerprint density at radius 3 is 2.16 bits per heavy atom. The number of fused-ring (bicyclic) bond motifs is 6. The van der Waals surface area contributed by atoms with E-state index in [9.17, 15) is 0 Å². The summed E-state index contributed by atoms with van der Waals surface area (Å²) in [4.78, 5) is 4.58. The molecule has 206 valence electrons. The minimum absolute atomic E-state index is 0.00771.